The molecule has 1 aromatic heterocycles. The Balaban J connectivity index is 1.64. The summed E-state index contributed by atoms with van der Waals surface area (Å²) in [6, 6.07) is 5.64. The Bertz CT molecular complexity index is 860. The molecule has 0 radical (unpaired) electrons. The van der Waals surface area contributed by atoms with Crippen LogP contribution in [0.1, 0.15) is 23.2 Å². The number of halogens is 2. The second-order valence-electron chi connectivity index (χ2n) is 5.77. The molecule has 0 spiro atoms. The third-order valence-electron chi connectivity index (χ3n) is 4.05. The number of furan rings is 1. The van der Waals surface area contributed by atoms with Gasteiger partial charge in [0, 0.05) is 24.2 Å². The van der Waals surface area contributed by atoms with E-state index in [-0.39, 0.29) is 21.9 Å². The molecule has 0 unspecified atom stereocenters. The Morgan fingerprint density at radius 1 is 1.20 bits per heavy atom. The van der Waals surface area contributed by atoms with Crippen molar-refractivity contribution >= 4 is 39.1 Å². The summed E-state index contributed by atoms with van der Waals surface area (Å²) in [5.41, 5.74) is 0.490. The first kappa shape index (κ1) is 18.3. The number of carbonyl (C=O) groups is 1. The molecule has 9 heteroatoms. The van der Waals surface area contributed by atoms with Crippen molar-refractivity contribution in [2.45, 2.75) is 23.8 Å². The molecule has 0 atom stereocenters. The fourth-order valence-electron chi connectivity index (χ4n) is 2.74. The molecule has 6 nitrogen and oxygen atoms in total. The van der Waals surface area contributed by atoms with E-state index in [0.29, 0.717) is 36.5 Å². The lowest BCUT2D eigenvalue weighted by molar-refractivity contribution is 0.0710. The van der Waals surface area contributed by atoms with Gasteiger partial charge < -0.3 is 9.32 Å². The van der Waals surface area contributed by atoms with Gasteiger partial charge in [-0.1, -0.05) is 23.2 Å². The van der Waals surface area contributed by atoms with Crippen LogP contribution < -0.4 is 4.72 Å². The molecule has 1 amide bonds. The van der Waals surface area contributed by atoms with Gasteiger partial charge in [-0.25, -0.2) is 13.1 Å². The van der Waals surface area contributed by atoms with Gasteiger partial charge in [0.1, 0.15) is 11.2 Å². The van der Waals surface area contributed by atoms with E-state index in [1.54, 1.807) is 11.0 Å². The average molecular weight is 403 g/mol. The third kappa shape index (κ3) is 4.17. The first-order valence-electron chi connectivity index (χ1n) is 7.66. The van der Waals surface area contributed by atoms with Crippen LogP contribution >= 0.6 is 23.2 Å². The number of hydrogen-bond acceptors (Lipinski definition) is 4. The van der Waals surface area contributed by atoms with Crippen molar-refractivity contribution in [1.29, 1.82) is 0 Å². The van der Waals surface area contributed by atoms with Crippen LogP contribution in [-0.2, 0) is 10.0 Å². The predicted octanol–water partition coefficient (Wildman–Crippen LogP) is 3.17. The molecule has 3 rings (SSSR count). The Labute approximate surface area is 155 Å². The second-order valence-corrected chi connectivity index (χ2v) is 8.30. The highest BCUT2D eigenvalue weighted by atomic mass is 35.5. The number of hydrogen-bond donors (Lipinski definition) is 1. The number of carbonyl (C=O) groups excluding carboxylic acids is 1. The van der Waals surface area contributed by atoms with Crippen molar-refractivity contribution in [1.82, 2.24) is 9.62 Å². The van der Waals surface area contributed by atoms with Crippen molar-refractivity contribution in [3.8, 4) is 0 Å². The van der Waals surface area contributed by atoms with E-state index in [1.807, 2.05) is 0 Å². The number of sulfonamides is 1. The molecule has 0 bridgehead atoms. The highest BCUT2D eigenvalue weighted by Crippen LogP contribution is 2.26. The smallest absolute Gasteiger partial charge is 0.257 e. The van der Waals surface area contributed by atoms with E-state index in [4.69, 9.17) is 27.6 Å². The van der Waals surface area contributed by atoms with Crippen molar-refractivity contribution in [3.05, 3.63) is 52.4 Å². The van der Waals surface area contributed by atoms with Crippen molar-refractivity contribution in [2.75, 3.05) is 13.1 Å². The van der Waals surface area contributed by atoms with Gasteiger partial charge in [0.2, 0.25) is 10.0 Å². The molecule has 0 saturated carbocycles. The van der Waals surface area contributed by atoms with Crippen LogP contribution in [0.2, 0.25) is 10.0 Å². The molecule has 134 valence electrons. The average Bonchev–Trinajstić information content (AvgIpc) is 3.11. The molecule has 0 aliphatic carbocycles. The van der Waals surface area contributed by atoms with Crippen molar-refractivity contribution in [3.63, 3.8) is 0 Å². The summed E-state index contributed by atoms with van der Waals surface area (Å²) in [5, 5.41) is 0.412. The van der Waals surface area contributed by atoms with Gasteiger partial charge in [0.15, 0.2) is 0 Å². The number of nitrogens with zero attached hydrogens (tertiary/aromatic N) is 1. The zero-order chi connectivity index (χ0) is 18.0. The van der Waals surface area contributed by atoms with Crippen LogP contribution in [0.5, 0.6) is 0 Å². The number of likely N-dealkylation sites (tertiary alicyclic amines) is 1. The lowest BCUT2D eigenvalue weighted by Gasteiger charge is -2.32. The molecule has 25 heavy (non-hydrogen) atoms. The molecule has 1 N–H and O–H groups in total. The summed E-state index contributed by atoms with van der Waals surface area (Å²) in [4.78, 5) is 13.9. The van der Waals surface area contributed by atoms with Crippen molar-refractivity contribution in [2.24, 2.45) is 0 Å². The van der Waals surface area contributed by atoms with Gasteiger partial charge in [-0.3, -0.25) is 4.79 Å². The van der Waals surface area contributed by atoms with E-state index >= 15 is 0 Å². The van der Waals surface area contributed by atoms with Gasteiger partial charge in [-0.05, 0) is 37.1 Å². The van der Waals surface area contributed by atoms with Crippen LogP contribution in [0.3, 0.4) is 0 Å². The molecule has 1 saturated heterocycles. The van der Waals surface area contributed by atoms with Crippen LogP contribution in [0.25, 0.3) is 0 Å². The fraction of sp³-hybridized carbons (Fsp3) is 0.312. The number of nitrogens with one attached hydrogen (secondary N) is 1. The fourth-order valence-corrected chi connectivity index (χ4v) is 4.80. The number of piperidine rings is 1. The molecule has 1 aliphatic heterocycles. The molecule has 1 fully saturated rings. The predicted molar refractivity (Wildman–Crippen MR) is 94.4 cm³/mol. The second kappa shape index (κ2) is 7.37. The van der Waals surface area contributed by atoms with Gasteiger partial charge in [0.25, 0.3) is 5.91 Å². The molecular formula is C16H16Cl2N2O4S. The quantitative estimate of drug-likeness (QED) is 0.851. The number of rotatable bonds is 4. The minimum atomic E-state index is -3.78. The first-order valence-corrected chi connectivity index (χ1v) is 9.89. The van der Waals surface area contributed by atoms with Gasteiger partial charge >= 0.3 is 0 Å². The normalized spacial score (nSPS) is 16.2. The summed E-state index contributed by atoms with van der Waals surface area (Å²) >= 11 is 11.8. The maximum absolute atomic E-state index is 12.5. The largest absolute Gasteiger partial charge is 0.472 e. The number of amides is 1. The monoisotopic (exact) mass is 402 g/mol. The number of benzene rings is 1. The maximum atomic E-state index is 12.5. The summed E-state index contributed by atoms with van der Waals surface area (Å²) in [7, 11) is -3.78. The highest BCUT2D eigenvalue weighted by Gasteiger charge is 2.28. The van der Waals surface area contributed by atoms with Crippen LogP contribution in [0, 0.1) is 0 Å². The molecule has 2 heterocycles. The SMILES string of the molecule is O=C(c1ccoc1)N1CCC(NS(=O)(=O)c2cc(Cl)ccc2Cl)CC1. The minimum absolute atomic E-state index is 0.0430. The molecule has 1 aromatic carbocycles. The Morgan fingerprint density at radius 3 is 2.56 bits per heavy atom. The highest BCUT2D eigenvalue weighted by molar-refractivity contribution is 7.89. The zero-order valence-electron chi connectivity index (χ0n) is 13.1. The lowest BCUT2D eigenvalue weighted by Crippen LogP contribution is -2.46. The van der Waals surface area contributed by atoms with Gasteiger partial charge in [-0.2, -0.15) is 0 Å². The van der Waals surface area contributed by atoms with Gasteiger partial charge in [0.05, 0.1) is 16.8 Å². The van der Waals surface area contributed by atoms with Crippen LogP contribution in [0.15, 0.2) is 46.1 Å². The standard InChI is InChI=1S/C16H16Cl2N2O4S/c17-12-1-2-14(18)15(9-12)25(22,23)19-13-3-6-20(7-4-13)16(21)11-5-8-24-10-11/h1-2,5,8-10,13,19H,3-4,6-7H2. The van der Waals surface area contributed by atoms with Crippen LogP contribution in [-0.4, -0.2) is 38.4 Å². The van der Waals surface area contributed by atoms with Crippen LogP contribution in [0.4, 0.5) is 0 Å². The molecule has 2 aromatic rings. The summed E-state index contributed by atoms with van der Waals surface area (Å²) in [6.45, 7) is 0.918. The molecule has 1 aliphatic rings. The Hall–Kier alpha value is -1.54. The summed E-state index contributed by atoms with van der Waals surface area (Å²) in [6.07, 6.45) is 3.88. The summed E-state index contributed by atoms with van der Waals surface area (Å²) < 4.78 is 32.6. The lowest BCUT2D eigenvalue weighted by atomic mass is 10.1. The molecular weight excluding hydrogens is 387 g/mol. The van der Waals surface area contributed by atoms with E-state index < -0.39 is 10.0 Å². The minimum Gasteiger partial charge on any atom is -0.472 e. The Kier molecular flexibility index (Phi) is 5.38. The third-order valence-corrected chi connectivity index (χ3v) is 6.29. The Morgan fingerprint density at radius 2 is 1.92 bits per heavy atom. The van der Waals surface area contributed by atoms with Crippen molar-refractivity contribution < 1.29 is 17.6 Å². The topological polar surface area (TPSA) is 79.6 Å². The zero-order valence-corrected chi connectivity index (χ0v) is 15.4. The van der Waals surface area contributed by atoms with E-state index in [1.165, 1.54) is 30.7 Å². The maximum Gasteiger partial charge on any atom is 0.257 e. The van der Waals surface area contributed by atoms with E-state index in [2.05, 4.69) is 4.72 Å². The van der Waals surface area contributed by atoms with E-state index in [0.717, 1.165) is 0 Å². The first-order chi connectivity index (χ1) is 11.9. The van der Waals surface area contributed by atoms with Gasteiger partial charge in [-0.15, -0.1) is 0 Å². The van der Waals surface area contributed by atoms with E-state index in [9.17, 15) is 13.2 Å². The summed E-state index contributed by atoms with van der Waals surface area (Å²) in [5.74, 6) is -0.118.